The van der Waals surface area contributed by atoms with E-state index in [9.17, 15) is 9.59 Å². The van der Waals surface area contributed by atoms with E-state index in [1.807, 2.05) is 17.2 Å². The second kappa shape index (κ2) is 11.6. The molecule has 3 aliphatic rings. The lowest BCUT2D eigenvalue weighted by atomic mass is 9.76. The Balaban J connectivity index is 1.28. The van der Waals surface area contributed by atoms with Gasteiger partial charge in [-0.25, -0.2) is 4.79 Å². The van der Waals surface area contributed by atoms with E-state index >= 15 is 0 Å². The normalized spacial score (nSPS) is 20.7. The van der Waals surface area contributed by atoms with E-state index in [1.165, 1.54) is 23.8 Å². The van der Waals surface area contributed by atoms with Crippen molar-refractivity contribution in [2.24, 2.45) is 11.8 Å². The second-order valence-corrected chi connectivity index (χ2v) is 12.7. The fraction of sp³-hybridized carbons (Fsp3) is 0.536. The number of fused-ring (bicyclic) bond motifs is 2. The van der Waals surface area contributed by atoms with Gasteiger partial charge in [-0.3, -0.25) is 9.78 Å². The van der Waals surface area contributed by atoms with E-state index in [0.29, 0.717) is 31.3 Å². The number of halogens is 3. The second-order valence-electron chi connectivity index (χ2n) is 10.5. The topological polar surface area (TPSA) is 62.7 Å². The number of benzene rings is 1. The van der Waals surface area contributed by atoms with E-state index in [2.05, 4.69) is 44.0 Å². The number of likely N-dealkylation sites (tertiary alicyclic amines) is 2. The van der Waals surface area contributed by atoms with Gasteiger partial charge in [-0.15, -0.1) is 0 Å². The summed E-state index contributed by atoms with van der Waals surface area (Å²) in [7, 11) is 1.41. The molecule has 9 heteroatoms. The molecule has 2 amide bonds. The van der Waals surface area contributed by atoms with E-state index in [1.54, 1.807) is 4.90 Å². The number of carbonyl (C=O) groups excluding carboxylic acids is 2. The van der Waals surface area contributed by atoms with Crippen molar-refractivity contribution in [3.63, 3.8) is 0 Å². The maximum atomic E-state index is 13.2. The summed E-state index contributed by atoms with van der Waals surface area (Å²) < 4.78 is 6.88. The number of hydrogen-bond donors (Lipinski definition) is 0. The molecule has 0 N–H and O–H groups in total. The standard InChI is InChI=1S/C28H32Br2ClN3O3/c1-37-28(36)34-8-4-17(5-9-34)12-24(35)33-10-6-18(7-11-33)26-25-19(14-22(31)15-23(25)30)2-3-20-13-21(29)16-32-27(20)26/h13-18,26H,2-12H2,1H3. The molecule has 37 heavy (non-hydrogen) atoms. The zero-order valence-corrected chi connectivity index (χ0v) is 24.9. The van der Waals surface area contributed by atoms with Gasteiger partial charge in [0.25, 0.3) is 0 Å². The van der Waals surface area contributed by atoms with Gasteiger partial charge in [0.2, 0.25) is 5.91 Å². The number of nitrogens with zero attached hydrogens (tertiary/aromatic N) is 3. The van der Waals surface area contributed by atoms with Crippen LogP contribution in [0.1, 0.15) is 60.4 Å². The van der Waals surface area contributed by atoms with Gasteiger partial charge in [-0.2, -0.15) is 0 Å². The Hall–Kier alpha value is -1.64. The SMILES string of the molecule is COC(=O)N1CCC(CC(=O)N2CCC(C3c4ncc(Br)cc4CCc4cc(Cl)cc(Br)c43)CC2)CC1. The number of piperidine rings is 2. The first-order valence-electron chi connectivity index (χ1n) is 13.1. The molecule has 0 radical (unpaired) electrons. The van der Waals surface area contributed by atoms with Crippen LogP contribution in [0.4, 0.5) is 4.79 Å². The van der Waals surface area contributed by atoms with Crippen LogP contribution in [0, 0.1) is 11.8 Å². The summed E-state index contributed by atoms with van der Waals surface area (Å²) in [6.45, 7) is 2.87. The van der Waals surface area contributed by atoms with Gasteiger partial charge < -0.3 is 14.5 Å². The van der Waals surface area contributed by atoms with Crippen molar-refractivity contribution in [3.8, 4) is 0 Å². The van der Waals surface area contributed by atoms with Crippen molar-refractivity contribution < 1.29 is 14.3 Å². The van der Waals surface area contributed by atoms with Gasteiger partial charge in [0.15, 0.2) is 0 Å². The number of carbonyl (C=O) groups is 2. The Morgan fingerprint density at radius 2 is 1.68 bits per heavy atom. The molecule has 1 aromatic heterocycles. The summed E-state index contributed by atoms with van der Waals surface area (Å²) in [4.78, 5) is 33.6. The zero-order chi connectivity index (χ0) is 26.1. The molecule has 6 nitrogen and oxygen atoms in total. The molecule has 0 spiro atoms. The molecular formula is C28H32Br2ClN3O3. The number of hydrogen-bond acceptors (Lipinski definition) is 4. The highest BCUT2D eigenvalue weighted by atomic mass is 79.9. The summed E-state index contributed by atoms with van der Waals surface area (Å²) in [6, 6.07) is 6.32. The number of amides is 2. The van der Waals surface area contributed by atoms with Gasteiger partial charge in [0.05, 0.1) is 12.8 Å². The van der Waals surface area contributed by atoms with Crippen LogP contribution in [0.15, 0.2) is 33.3 Å². The molecule has 1 atom stereocenters. The molecule has 2 fully saturated rings. The molecule has 0 saturated carbocycles. The average Bonchev–Trinajstić information content (AvgIpc) is 3.05. The minimum atomic E-state index is -0.274. The van der Waals surface area contributed by atoms with E-state index < -0.39 is 0 Å². The Labute approximate surface area is 240 Å². The number of aromatic nitrogens is 1. The highest BCUT2D eigenvalue weighted by molar-refractivity contribution is 9.10. The fourth-order valence-corrected chi connectivity index (χ4v) is 7.84. The third-order valence-electron chi connectivity index (χ3n) is 8.29. The van der Waals surface area contributed by atoms with Crippen molar-refractivity contribution in [2.75, 3.05) is 33.3 Å². The molecule has 1 unspecified atom stereocenters. The number of methoxy groups -OCH3 is 1. The van der Waals surface area contributed by atoms with Crippen LogP contribution in [0.25, 0.3) is 0 Å². The highest BCUT2D eigenvalue weighted by Crippen LogP contribution is 2.46. The molecule has 2 aromatic rings. The lowest BCUT2D eigenvalue weighted by Gasteiger charge is -2.38. The fourth-order valence-electron chi connectivity index (χ4n) is 6.34. The Bertz CT molecular complexity index is 1180. The Morgan fingerprint density at radius 1 is 1.00 bits per heavy atom. The van der Waals surface area contributed by atoms with Crippen molar-refractivity contribution in [3.05, 3.63) is 60.7 Å². The third-order valence-corrected chi connectivity index (χ3v) is 9.60. The van der Waals surface area contributed by atoms with Crippen LogP contribution in [0.3, 0.4) is 0 Å². The highest BCUT2D eigenvalue weighted by Gasteiger charge is 2.36. The zero-order valence-electron chi connectivity index (χ0n) is 21.0. The lowest BCUT2D eigenvalue weighted by Crippen LogP contribution is -2.42. The summed E-state index contributed by atoms with van der Waals surface area (Å²) in [6.07, 6.45) is 7.66. The molecular weight excluding hydrogens is 622 g/mol. The molecule has 0 bridgehead atoms. The van der Waals surface area contributed by atoms with E-state index in [4.69, 9.17) is 21.3 Å². The van der Waals surface area contributed by atoms with E-state index in [-0.39, 0.29) is 17.9 Å². The van der Waals surface area contributed by atoms with Crippen LogP contribution < -0.4 is 0 Å². The molecule has 5 rings (SSSR count). The van der Waals surface area contributed by atoms with Crippen molar-refractivity contribution in [1.29, 1.82) is 0 Å². The molecule has 198 valence electrons. The van der Waals surface area contributed by atoms with Gasteiger partial charge in [0.1, 0.15) is 0 Å². The summed E-state index contributed by atoms with van der Waals surface area (Å²) in [5, 5.41) is 0.752. The quantitative estimate of drug-likeness (QED) is 0.375. The monoisotopic (exact) mass is 651 g/mol. The average molecular weight is 654 g/mol. The third kappa shape index (κ3) is 5.86. The van der Waals surface area contributed by atoms with Crippen LogP contribution in [0.2, 0.25) is 5.02 Å². The van der Waals surface area contributed by atoms with Gasteiger partial charge in [-0.1, -0.05) is 27.5 Å². The van der Waals surface area contributed by atoms with Crippen molar-refractivity contribution >= 4 is 55.5 Å². The first-order chi connectivity index (χ1) is 17.8. The number of aryl methyl sites for hydroxylation is 2. The predicted octanol–water partition coefficient (Wildman–Crippen LogP) is 6.60. The first-order valence-corrected chi connectivity index (χ1v) is 15.0. The molecule has 3 heterocycles. The van der Waals surface area contributed by atoms with Gasteiger partial charge in [0, 0.05) is 58.7 Å². The number of ether oxygens (including phenoxy) is 1. The van der Waals surface area contributed by atoms with Crippen LogP contribution in [-0.4, -0.2) is 60.1 Å². The van der Waals surface area contributed by atoms with Crippen LogP contribution in [-0.2, 0) is 22.4 Å². The van der Waals surface area contributed by atoms with Crippen LogP contribution in [0.5, 0.6) is 0 Å². The predicted molar refractivity (Wildman–Crippen MR) is 151 cm³/mol. The van der Waals surface area contributed by atoms with Crippen LogP contribution >= 0.6 is 43.5 Å². The Kier molecular flexibility index (Phi) is 8.46. The van der Waals surface area contributed by atoms with Crippen molar-refractivity contribution in [2.45, 2.75) is 50.9 Å². The minimum absolute atomic E-state index is 0.173. The summed E-state index contributed by atoms with van der Waals surface area (Å²) >= 11 is 13.9. The molecule has 1 aromatic carbocycles. The number of rotatable bonds is 3. The van der Waals surface area contributed by atoms with Crippen molar-refractivity contribution in [1.82, 2.24) is 14.8 Å². The minimum Gasteiger partial charge on any atom is -0.453 e. The summed E-state index contributed by atoms with van der Waals surface area (Å²) in [5.41, 5.74) is 5.04. The number of pyridine rings is 1. The maximum absolute atomic E-state index is 13.2. The molecule has 2 saturated heterocycles. The maximum Gasteiger partial charge on any atom is 0.409 e. The Morgan fingerprint density at radius 3 is 2.38 bits per heavy atom. The largest absolute Gasteiger partial charge is 0.453 e. The van der Waals surface area contributed by atoms with Gasteiger partial charge in [-0.05, 0) is 101 Å². The summed E-state index contributed by atoms with van der Waals surface area (Å²) in [5.74, 6) is 1.14. The molecule has 2 aliphatic heterocycles. The smallest absolute Gasteiger partial charge is 0.409 e. The van der Waals surface area contributed by atoms with Gasteiger partial charge >= 0.3 is 6.09 Å². The van der Waals surface area contributed by atoms with E-state index in [0.717, 1.165) is 71.3 Å². The molecule has 1 aliphatic carbocycles. The lowest BCUT2D eigenvalue weighted by molar-refractivity contribution is -0.134. The first kappa shape index (κ1) is 26.9.